The number of ether oxygens (including phenoxy) is 12. The molecule has 320 valence electrons. The zero-order valence-electron chi connectivity index (χ0n) is 34.3. The Bertz CT molecular complexity index is 1130. The Labute approximate surface area is 335 Å². The fraction of sp³-hybridized carbons (Fsp3) is 0.683. The molecule has 0 aliphatic carbocycles. The first kappa shape index (κ1) is 49.8. The number of carbonyl (C=O) groups excluding carboxylic acids is 1. The summed E-state index contributed by atoms with van der Waals surface area (Å²) < 4.78 is 71.7. The molecular formula is C41H68O14Si. The van der Waals surface area contributed by atoms with Gasteiger partial charge in [0, 0.05) is 0 Å². The summed E-state index contributed by atoms with van der Waals surface area (Å²) in [7, 11) is -1.23. The smallest absolute Gasteiger partial charge is 0.331 e. The van der Waals surface area contributed by atoms with Crippen LogP contribution < -0.4 is 10.4 Å². The van der Waals surface area contributed by atoms with E-state index in [0.717, 1.165) is 0 Å². The average Bonchev–Trinajstić information content (AvgIpc) is 3.20. The number of esters is 1. The monoisotopic (exact) mass is 812 g/mol. The van der Waals surface area contributed by atoms with E-state index in [9.17, 15) is 4.79 Å². The minimum atomic E-state index is -2.54. The van der Waals surface area contributed by atoms with Gasteiger partial charge in [-0.05, 0) is 15.4 Å². The summed E-state index contributed by atoms with van der Waals surface area (Å²) in [5.41, 5.74) is 0. The van der Waals surface area contributed by atoms with Crippen LogP contribution in [0.2, 0.25) is 5.04 Å². The molecule has 2 aromatic carbocycles. The topological polar surface area (TPSA) is 137 Å². The van der Waals surface area contributed by atoms with Crippen molar-refractivity contribution in [1.29, 1.82) is 0 Å². The third kappa shape index (κ3) is 23.2. The predicted octanol–water partition coefficient (Wildman–Crippen LogP) is 2.92. The summed E-state index contributed by atoms with van der Waals surface area (Å²) in [6.07, 6.45) is 0. The van der Waals surface area contributed by atoms with Crippen LogP contribution in [-0.2, 0) is 66.1 Å². The second kappa shape index (κ2) is 33.6. The molecule has 2 rings (SSSR count). The Morgan fingerprint density at radius 2 is 0.661 bits per heavy atom. The Balaban J connectivity index is 1.29. The van der Waals surface area contributed by atoms with Gasteiger partial charge in [0.15, 0.2) is 0 Å². The zero-order chi connectivity index (χ0) is 40.3. The van der Waals surface area contributed by atoms with Gasteiger partial charge in [0.1, 0.15) is 6.61 Å². The van der Waals surface area contributed by atoms with Crippen molar-refractivity contribution in [1.82, 2.24) is 0 Å². The van der Waals surface area contributed by atoms with Gasteiger partial charge >= 0.3 is 5.97 Å². The van der Waals surface area contributed by atoms with Crippen molar-refractivity contribution in [2.24, 2.45) is 0 Å². The summed E-state index contributed by atoms with van der Waals surface area (Å²) >= 11 is 0. The quantitative estimate of drug-likeness (QED) is 0.0559. The molecule has 0 bridgehead atoms. The molecule has 0 heterocycles. The van der Waals surface area contributed by atoms with Gasteiger partial charge < -0.3 is 61.3 Å². The number of carbonyl (C=O) groups is 1. The zero-order valence-corrected chi connectivity index (χ0v) is 35.3. The highest BCUT2D eigenvalue weighted by Gasteiger charge is 2.50. The third-order valence-electron chi connectivity index (χ3n) is 8.13. The number of benzene rings is 2. The lowest BCUT2D eigenvalue weighted by atomic mass is 10.2. The van der Waals surface area contributed by atoms with Gasteiger partial charge in [-0.1, -0.05) is 81.4 Å². The van der Waals surface area contributed by atoms with Gasteiger partial charge in [-0.25, -0.2) is 4.79 Å². The largest absolute Gasteiger partial charge is 0.467 e. The van der Waals surface area contributed by atoms with E-state index >= 15 is 0 Å². The maximum atomic E-state index is 10.9. The van der Waals surface area contributed by atoms with Gasteiger partial charge in [-0.2, -0.15) is 0 Å². The molecule has 0 N–H and O–H groups in total. The molecule has 0 saturated heterocycles. The van der Waals surface area contributed by atoms with E-state index < -0.39 is 14.3 Å². The lowest BCUT2D eigenvalue weighted by molar-refractivity contribution is -0.146. The second-order valence-electron chi connectivity index (χ2n) is 13.3. The van der Waals surface area contributed by atoms with E-state index in [2.05, 4.69) is 86.2 Å². The van der Waals surface area contributed by atoms with Crippen LogP contribution >= 0.6 is 0 Å². The lowest BCUT2D eigenvalue weighted by Gasteiger charge is -2.43. The number of hydrogen-bond acceptors (Lipinski definition) is 14. The maximum Gasteiger partial charge on any atom is 0.331 e. The van der Waals surface area contributed by atoms with Crippen LogP contribution in [0.3, 0.4) is 0 Å². The lowest BCUT2D eigenvalue weighted by Crippen LogP contribution is -2.66. The van der Waals surface area contributed by atoms with Crippen LogP contribution in [0.25, 0.3) is 0 Å². The van der Waals surface area contributed by atoms with Gasteiger partial charge in [-0.15, -0.1) is 0 Å². The highest BCUT2D eigenvalue weighted by Crippen LogP contribution is 2.36. The number of hydrogen-bond donors (Lipinski definition) is 0. The Kier molecular flexibility index (Phi) is 29.9. The molecule has 0 aliphatic heterocycles. The SMILES string of the molecule is COC(=O)COCCOCCOCCOCCOCCOCCOCCOCCOCCOCCOCCO[Si](c1ccccc1)(c1ccccc1)C(C)(C)C. The molecule has 0 amide bonds. The Hall–Kier alpha value is -2.35. The summed E-state index contributed by atoms with van der Waals surface area (Å²) in [5, 5.41) is 2.46. The van der Waals surface area contributed by atoms with Gasteiger partial charge in [0.2, 0.25) is 0 Å². The highest BCUT2D eigenvalue weighted by atomic mass is 28.4. The van der Waals surface area contributed by atoms with Crippen molar-refractivity contribution in [3.05, 3.63) is 60.7 Å². The van der Waals surface area contributed by atoms with Gasteiger partial charge in [-0.3, -0.25) is 0 Å². The van der Waals surface area contributed by atoms with E-state index in [1.54, 1.807) is 0 Å². The molecule has 0 aliphatic rings. The first-order valence-corrected chi connectivity index (χ1v) is 21.5. The van der Waals surface area contributed by atoms with Crippen LogP contribution in [0.5, 0.6) is 0 Å². The van der Waals surface area contributed by atoms with E-state index in [0.29, 0.717) is 145 Å². The minimum Gasteiger partial charge on any atom is -0.467 e. The van der Waals surface area contributed by atoms with E-state index in [4.69, 9.17) is 56.5 Å². The van der Waals surface area contributed by atoms with Crippen LogP contribution in [0.1, 0.15) is 20.8 Å². The van der Waals surface area contributed by atoms with E-state index in [-0.39, 0.29) is 11.6 Å². The average molecular weight is 813 g/mol. The number of rotatable bonds is 38. The molecule has 0 spiro atoms. The molecule has 15 heteroatoms. The minimum absolute atomic E-state index is 0.0612. The first-order valence-electron chi connectivity index (χ1n) is 19.6. The molecule has 14 nitrogen and oxygen atoms in total. The maximum absolute atomic E-state index is 10.9. The van der Waals surface area contributed by atoms with Crippen LogP contribution in [-0.4, -0.2) is 173 Å². The fourth-order valence-electron chi connectivity index (χ4n) is 5.43. The molecule has 0 saturated carbocycles. The summed E-state index contributed by atoms with van der Waals surface area (Å²) in [6.45, 7) is 17.2. The number of methoxy groups -OCH3 is 1. The summed E-state index contributed by atoms with van der Waals surface area (Å²) in [5.74, 6) is -0.409. The standard InChI is InChI=1S/C41H68O14Si/c1-41(2,3)56(38-11-7-5-8-12-38,39-13-9-6-10-14-39)55-36-35-53-32-31-51-28-27-49-24-23-47-20-19-45-16-15-44-17-18-46-21-22-48-25-26-50-29-30-52-33-34-54-37-40(42)43-4/h5-14H,15-37H2,1-4H3. The van der Waals surface area contributed by atoms with Gasteiger partial charge in [0.05, 0.1) is 152 Å². The predicted molar refractivity (Wildman–Crippen MR) is 215 cm³/mol. The Morgan fingerprint density at radius 1 is 0.411 bits per heavy atom. The second-order valence-corrected chi connectivity index (χ2v) is 17.6. The summed E-state index contributed by atoms with van der Waals surface area (Å²) in [4.78, 5) is 10.9. The van der Waals surface area contributed by atoms with E-state index in [1.807, 2.05) is 0 Å². The molecule has 0 fully saturated rings. The van der Waals surface area contributed by atoms with Crippen molar-refractivity contribution >= 4 is 24.7 Å². The molecular weight excluding hydrogens is 745 g/mol. The van der Waals surface area contributed by atoms with Crippen LogP contribution in [0, 0.1) is 0 Å². The van der Waals surface area contributed by atoms with Gasteiger partial charge in [0.25, 0.3) is 8.32 Å². The molecule has 0 aromatic heterocycles. The molecule has 0 unspecified atom stereocenters. The third-order valence-corrected chi connectivity index (χ3v) is 13.2. The fourth-order valence-corrected chi connectivity index (χ4v) is 9.97. The molecule has 56 heavy (non-hydrogen) atoms. The summed E-state index contributed by atoms with van der Waals surface area (Å²) in [6, 6.07) is 21.3. The van der Waals surface area contributed by atoms with E-state index in [1.165, 1.54) is 17.5 Å². The highest BCUT2D eigenvalue weighted by molar-refractivity contribution is 6.99. The Morgan fingerprint density at radius 3 is 0.911 bits per heavy atom. The first-order chi connectivity index (χ1) is 27.4. The molecule has 0 atom stereocenters. The van der Waals surface area contributed by atoms with Crippen molar-refractivity contribution in [2.45, 2.75) is 25.8 Å². The van der Waals surface area contributed by atoms with Crippen molar-refractivity contribution in [3.63, 3.8) is 0 Å². The molecule has 2 aromatic rings. The van der Waals surface area contributed by atoms with Crippen molar-refractivity contribution in [2.75, 3.05) is 159 Å². The molecule has 0 radical (unpaired) electrons. The van der Waals surface area contributed by atoms with Crippen molar-refractivity contribution < 1.29 is 66.1 Å². The van der Waals surface area contributed by atoms with Crippen LogP contribution in [0.4, 0.5) is 0 Å². The van der Waals surface area contributed by atoms with Crippen molar-refractivity contribution in [3.8, 4) is 0 Å². The normalized spacial score (nSPS) is 12.0. The van der Waals surface area contributed by atoms with Crippen LogP contribution in [0.15, 0.2) is 60.7 Å².